The van der Waals surface area contributed by atoms with Gasteiger partial charge in [0.05, 0.1) is 18.2 Å². The number of aromatic nitrogens is 2. The fourth-order valence-corrected chi connectivity index (χ4v) is 2.11. The van der Waals surface area contributed by atoms with E-state index < -0.39 is 0 Å². The molecule has 1 aromatic carbocycles. The maximum Gasteiger partial charge on any atom is 0.229 e. The maximum absolute atomic E-state index is 12.8. The van der Waals surface area contributed by atoms with E-state index in [9.17, 15) is 9.18 Å². The zero-order valence-electron chi connectivity index (χ0n) is 12.8. The van der Waals surface area contributed by atoms with Gasteiger partial charge < -0.3 is 5.32 Å². The third-order valence-electron chi connectivity index (χ3n) is 3.75. The van der Waals surface area contributed by atoms with E-state index in [1.807, 2.05) is 32.4 Å². The van der Waals surface area contributed by atoms with Crippen molar-refractivity contribution in [2.45, 2.75) is 34.2 Å². The Morgan fingerprint density at radius 1 is 1.29 bits per heavy atom. The van der Waals surface area contributed by atoms with Gasteiger partial charge in [-0.1, -0.05) is 6.92 Å². The summed E-state index contributed by atoms with van der Waals surface area (Å²) >= 11 is 0. The highest BCUT2D eigenvalue weighted by atomic mass is 19.1. The molecule has 1 aromatic heterocycles. The first kappa shape index (κ1) is 15.2. The first-order chi connectivity index (χ1) is 9.88. The summed E-state index contributed by atoms with van der Waals surface area (Å²) in [6, 6.07) is 5.75. The topological polar surface area (TPSA) is 46.9 Å². The molecule has 0 aliphatic rings. The highest BCUT2D eigenvalue weighted by molar-refractivity contribution is 5.92. The quantitative estimate of drug-likeness (QED) is 0.939. The fourth-order valence-electron chi connectivity index (χ4n) is 2.11. The SMILES string of the molecule is Cc1nn(CC(C)C(=O)Nc2ccc(F)cc2)c(C)c1C. The highest BCUT2D eigenvalue weighted by Crippen LogP contribution is 2.15. The van der Waals surface area contributed by atoms with Gasteiger partial charge in [0, 0.05) is 11.4 Å². The summed E-state index contributed by atoms with van der Waals surface area (Å²) in [7, 11) is 0. The van der Waals surface area contributed by atoms with Crippen LogP contribution in [0.2, 0.25) is 0 Å². The lowest BCUT2D eigenvalue weighted by Gasteiger charge is -2.13. The van der Waals surface area contributed by atoms with E-state index in [1.54, 1.807) is 12.1 Å². The number of halogens is 1. The zero-order chi connectivity index (χ0) is 15.6. The summed E-state index contributed by atoms with van der Waals surface area (Å²) in [6.07, 6.45) is 0. The molecule has 0 bridgehead atoms. The monoisotopic (exact) mass is 289 g/mol. The largest absolute Gasteiger partial charge is 0.326 e. The van der Waals surface area contributed by atoms with Crippen LogP contribution in [-0.4, -0.2) is 15.7 Å². The predicted molar refractivity (Wildman–Crippen MR) is 80.6 cm³/mol. The Balaban J connectivity index is 2.02. The molecule has 1 unspecified atom stereocenters. The normalized spacial score (nSPS) is 12.2. The van der Waals surface area contributed by atoms with E-state index in [-0.39, 0.29) is 17.6 Å². The van der Waals surface area contributed by atoms with Gasteiger partial charge in [-0.25, -0.2) is 4.39 Å². The molecule has 1 atom stereocenters. The summed E-state index contributed by atoms with van der Waals surface area (Å²) in [5.41, 5.74) is 3.81. The zero-order valence-corrected chi connectivity index (χ0v) is 12.8. The second-order valence-electron chi connectivity index (χ2n) is 5.38. The second-order valence-corrected chi connectivity index (χ2v) is 5.38. The van der Waals surface area contributed by atoms with E-state index in [1.165, 1.54) is 12.1 Å². The molecule has 4 nitrogen and oxygen atoms in total. The van der Waals surface area contributed by atoms with Crippen molar-refractivity contribution in [1.82, 2.24) is 9.78 Å². The average molecular weight is 289 g/mol. The summed E-state index contributed by atoms with van der Waals surface area (Å²) in [4.78, 5) is 12.2. The van der Waals surface area contributed by atoms with Crippen molar-refractivity contribution in [3.05, 3.63) is 47.0 Å². The van der Waals surface area contributed by atoms with Crippen LogP contribution in [0.25, 0.3) is 0 Å². The van der Waals surface area contributed by atoms with Gasteiger partial charge in [0.15, 0.2) is 0 Å². The molecule has 21 heavy (non-hydrogen) atoms. The van der Waals surface area contributed by atoms with Gasteiger partial charge in [0.2, 0.25) is 5.91 Å². The van der Waals surface area contributed by atoms with Gasteiger partial charge in [0.25, 0.3) is 0 Å². The van der Waals surface area contributed by atoms with Crippen LogP contribution in [0.15, 0.2) is 24.3 Å². The average Bonchev–Trinajstić information content (AvgIpc) is 2.69. The summed E-state index contributed by atoms with van der Waals surface area (Å²) in [5.74, 6) is -0.654. The van der Waals surface area contributed by atoms with Crippen molar-refractivity contribution in [2.75, 3.05) is 5.32 Å². The van der Waals surface area contributed by atoms with Crippen molar-refractivity contribution >= 4 is 11.6 Å². The lowest BCUT2D eigenvalue weighted by atomic mass is 10.1. The van der Waals surface area contributed by atoms with Gasteiger partial charge in [-0.15, -0.1) is 0 Å². The Hall–Kier alpha value is -2.17. The molecule has 1 N–H and O–H groups in total. The van der Waals surface area contributed by atoms with Crippen LogP contribution in [0.3, 0.4) is 0 Å². The van der Waals surface area contributed by atoms with Gasteiger partial charge in [0.1, 0.15) is 5.82 Å². The standard InChI is InChI=1S/C16H20FN3O/c1-10(9-20-13(4)11(2)12(3)19-20)16(21)18-15-7-5-14(17)6-8-15/h5-8,10H,9H2,1-4H3,(H,18,21). The van der Waals surface area contributed by atoms with Gasteiger partial charge in [-0.3, -0.25) is 9.48 Å². The molecule has 0 radical (unpaired) electrons. The molecule has 2 aromatic rings. The molecule has 1 heterocycles. The summed E-state index contributed by atoms with van der Waals surface area (Å²) < 4.78 is 14.7. The van der Waals surface area contributed by atoms with Crippen LogP contribution in [0.1, 0.15) is 23.9 Å². The molecule has 2 rings (SSSR count). The van der Waals surface area contributed by atoms with Crippen LogP contribution < -0.4 is 5.32 Å². The number of nitrogens with zero attached hydrogens (tertiary/aromatic N) is 2. The van der Waals surface area contributed by atoms with Crippen LogP contribution in [0, 0.1) is 32.5 Å². The molecule has 0 spiro atoms. The molecule has 0 aliphatic carbocycles. The van der Waals surface area contributed by atoms with E-state index in [0.29, 0.717) is 12.2 Å². The van der Waals surface area contributed by atoms with E-state index in [0.717, 1.165) is 17.0 Å². The van der Waals surface area contributed by atoms with E-state index in [4.69, 9.17) is 0 Å². The fraction of sp³-hybridized carbons (Fsp3) is 0.375. The molecule has 0 saturated heterocycles. The lowest BCUT2D eigenvalue weighted by Crippen LogP contribution is -2.25. The van der Waals surface area contributed by atoms with Crippen LogP contribution in [-0.2, 0) is 11.3 Å². The van der Waals surface area contributed by atoms with Crippen molar-refractivity contribution in [2.24, 2.45) is 5.92 Å². The molecule has 0 saturated carbocycles. The number of hydrogen-bond donors (Lipinski definition) is 1. The van der Waals surface area contributed by atoms with Gasteiger partial charge in [-0.05, 0) is 50.6 Å². The lowest BCUT2D eigenvalue weighted by molar-refractivity contribution is -0.119. The molecule has 5 heteroatoms. The Labute approximate surface area is 124 Å². The molecular formula is C16H20FN3O. The molecule has 1 amide bonds. The number of benzene rings is 1. The smallest absolute Gasteiger partial charge is 0.229 e. The number of carbonyl (C=O) groups excluding carboxylic acids is 1. The van der Waals surface area contributed by atoms with Crippen LogP contribution >= 0.6 is 0 Å². The molecule has 0 aliphatic heterocycles. The first-order valence-electron chi connectivity index (χ1n) is 6.95. The van der Waals surface area contributed by atoms with Gasteiger partial charge in [-0.2, -0.15) is 5.10 Å². The Kier molecular flexibility index (Phi) is 4.40. The maximum atomic E-state index is 12.8. The number of aryl methyl sites for hydroxylation is 1. The first-order valence-corrected chi connectivity index (χ1v) is 6.95. The molecule has 0 fully saturated rings. The summed E-state index contributed by atoms with van der Waals surface area (Å²) in [5, 5.41) is 7.22. The predicted octanol–water partition coefficient (Wildman–Crippen LogP) is 3.22. The van der Waals surface area contributed by atoms with Crippen molar-refractivity contribution in [1.29, 1.82) is 0 Å². The number of anilines is 1. The van der Waals surface area contributed by atoms with Crippen molar-refractivity contribution in [3.8, 4) is 0 Å². The van der Waals surface area contributed by atoms with E-state index >= 15 is 0 Å². The van der Waals surface area contributed by atoms with Crippen molar-refractivity contribution < 1.29 is 9.18 Å². The number of nitrogens with one attached hydrogen (secondary N) is 1. The Morgan fingerprint density at radius 3 is 2.43 bits per heavy atom. The number of rotatable bonds is 4. The number of carbonyl (C=O) groups is 1. The highest BCUT2D eigenvalue weighted by Gasteiger charge is 2.16. The van der Waals surface area contributed by atoms with Crippen LogP contribution in [0.4, 0.5) is 10.1 Å². The number of amides is 1. The summed E-state index contributed by atoms with van der Waals surface area (Å²) in [6.45, 7) is 8.36. The minimum atomic E-state index is -0.320. The van der Waals surface area contributed by atoms with Gasteiger partial charge >= 0.3 is 0 Å². The van der Waals surface area contributed by atoms with Crippen LogP contribution in [0.5, 0.6) is 0 Å². The Morgan fingerprint density at radius 2 is 1.90 bits per heavy atom. The minimum absolute atomic E-state index is 0.105. The minimum Gasteiger partial charge on any atom is -0.326 e. The molecule has 112 valence electrons. The Bertz CT molecular complexity index is 646. The molecular weight excluding hydrogens is 269 g/mol. The third-order valence-corrected chi connectivity index (χ3v) is 3.75. The number of hydrogen-bond acceptors (Lipinski definition) is 2. The second kappa shape index (κ2) is 6.08. The van der Waals surface area contributed by atoms with Crippen molar-refractivity contribution in [3.63, 3.8) is 0 Å². The third kappa shape index (κ3) is 3.48. The van der Waals surface area contributed by atoms with E-state index in [2.05, 4.69) is 10.4 Å².